The number of hydrogen-bond acceptors (Lipinski definition) is 3. The van der Waals surface area contributed by atoms with E-state index in [4.69, 9.17) is 4.74 Å². The number of amides is 1. The zero-order valence-electron chi connectivity index (χ0n) is 12.0. The number of ether oxygens (including phenoxy) is 1. The van der Waals surface area contributed by atoms with Gasteiger partial charge in [0.25, 0.3) is 0 Å². The summed E-state index contributed by atoms with van der Waals surface area (Å²) < 4.78 is 5.69. The molecule has 2 fully saturated rings. The van der Waals surface area contributed by atoms with E-state index in [1.807, 2.05) is 6.92 Å². The van der Waals surface area contributed by atoms with Crippen LogP contribution in [0, 0.1) is 17.3 Å². The highest BCUT2D eigenvalue weighted by atomic mass is 16.5. The molecule has 2 unspecified atom stereocenters. The molecule has 1 aliphatic heterocycles. The number of rotatable bonds is 4. The number of nitrogens with one attached hydrogen (secondary N) is 2. The smallest absolute Gasteiger partial charge is 0.224 e. The van der Waals surface area contributed by atoms with Crippen molar-refractivity contribution in [3.8, 4) is 0 Å². The van der Waals surface area contributed by atoms with Crippen LogP contribution in [0.1, 0.15) is 34.1 Å². The molecule has 2 N–H and O–H groups in total. The van der Waals surface area contributed by atoms with Gasteiger partial charge in [-0.3, -0.25) is 4.79 Å². The molecule has 1 heterocycles. The molecule has 0 radical (unpaired) electrons. The summed E-state index contributed by atoms with van der Waals surface area (Å²) in [5.41, 5.74) is 0.0565. The van der Waals surface area contributed by atoms with Gasteiger partial charge >= 0.3 is 0 Å². The van der Waals surface area contributed by atoms with Crippen molar-refractivity contribution in [1.82, 2.24) is 10.6 Å². The van der Waals surface area contributed by atoms with Crippen molar-refractivity contribution >= 4 is 5.91 Å². The molecule has 0 aromatic carbocycles. The molecule has 2 rings (SSSR count). The molecular formula is C14H26N2O2. The van der Waals surface area contributed by atoms with Gasteiger partial charge in [-0.1, -0.05) is 20.8 Å². The maximum atomic E-state index is 12.2. The van der Waals surface area contributed by atoms with E-state index < -0.39 is 0 Å². The normalized spacial score (nSPS) is 38.2. The first kappa shape index (κ1) is 13.8. The lowest BCUT2D eigenvalue weighted by Crippen LogP contribution is -2.63. The van der Waals surface area contributed by atoms with E-state index in [1.54, 1.807) is 0 Å². The Labute approximate surface area is 110 Å². The second kappa shape index (κ2) is 5.17. The van der Waals surface area contributed by atoms with E-state index in [-0.39, 0.29) is 29.4 Å². The van der Waals surface area contributed by atoms with E-state index >= 15 is 0 Å². The Morgan fingerprint density at radius 1 is 1.44 bits per heavy atom. The van der Waals surface area contributed by atoms with Gasteiger partial charge in [-0.15, -0.1) is 0 Å². The van der Waals surface area contributed by atoms with Gasteiger partial charge in [0, 0.05) is 24.6 Å². The van der Waals surface area contributed by atoms with Crippen LogP contribution in [0.15, 0.2) is 0 Å². The topological polar surface area (TPSA) is 50.4 Å². The molecule has 1 aliphatic carbocycles. The molecule has 0 spiro atoms. The highest BCUT2D eigenvalue weighted by Crippen LogP contribution is 2.42. The van der Waals surface area contributed by atoms with Gasteiger partial charge in [0.1, 0.15) is 0 Å². The van der Waals surface area contributed by atoms with Gasteiger partial charge in [-0.05, 0) is 25.8 Å². The summed E-state index contributed by atoms with van der Waals surface area (Å²) in [5.74, 6) is 0.781. The highest BCUT2D eigenvalue weighted by molar-refractivity contribution is 5.80. The quantitative estimate of drug-likeness (QED) is 0.791. The van der Waals surface area contributed by atoms with Gasteiger partial charge in [-0.2, -0.15) is 0 Å². The second-order valence-electron chi connectivity index (χ2n) is 6.30. The van der Waals surface area contributed by atoms with Crippen LogP contribution in [-0.2, 0) is 9.53 Å². The van der Waals surface area contributed by atoms with Crippen LogP contribution in [0.2, 0.25) is 0 Å². The fraction of sp³-hybridized carbons (Fsp3) is 0.929. The molecule has 1 saturated carbocycles. The number of carbonyl (C=O) groups excluding carboxylic acids is 1. The molecule has 4 atom stereocenters. The molecule has 4 heteroatoms. The fourth-order valence-electron chi connectivity index (χ4n) is 3.05. The first-order valence-electron chi connectivity index (χ1n) is 7.09. The third-order valence-corrected chi connectivity index (χ3v) is 4.72. The van der Waals surface area contributed by atoms with Crippen molar-refractivity contribution in [2.45, 2.75) is 46.3 Å². The van der Waals surface area contributed by atoms with E-state index in [9.17, 15) is 4.79 Å². The minimum atomic E-state index is 0.0565. The Morgan fingerprint density at radius 2 is 2.17 bits per heavy atom. The SMILES string of the molecule is CCOC1CC(NC(=O)[C@@H]2CNC[C@H]2C)C1(C)C. The van der Waals surface area contributed by atoms with Gasteiger partial charge in [0.05, 0.1) is 12.0 Å². The minimum Gasteiger partial charge on any atom is -0.378 e. The summed E-state index contributed by atoms with van der Waals surface area (Å²) >= 11 is 0. The standard InChI is InChI=1S/C14H26N2O2/c1-5-18-12-6-11(14(12,3)4)16-13(17)10-8-15-7-9(10)2/h9-12,15H,5-8H2,1-4H3,(H,16,17)/t9-,10-,11?,12?/m1/s1. The molecule has 0 bridgehead atoms. The van der Waals surface area contributed by atoms with E-state index in [1.165, 1.54) is 0 Å². The monoisotopic (exact) mass is 254 g/mol. The van der Waals surface area contributed by atoms with E-state index in [2.05, 4.69) is 31.4 Å². The second-order valence-corrected chi connectivity index (χ2v) is 6.30. The van der Waals surface area contributed by atoms with E-state index in [0.717, 1.165) is 26.1 Å². The first-order chi connectivity index (χ1) is 8.46. The minimum absolute atomic E-state index is 0.0565. The average Bonchev–Trinajstić information content (AvgIpc) is 2.74. The number of carbonyl (C=O) groups is 1. The van der Waals surface area contributed by atoms with Crippen LogP contribution in [0.4, 0.5) is 0 Å². The van der Waals surface area contributed by atoms with Crippen molar-refractivity contribution in [3.63, 3.8) is 0 Å². The van der Waals surface area contributed by atoms with E-state index in [0.29, 0.717) is 5.92 Å². The van der Waals surface area contributed by atoms with Crippen molar-refractivity contribution in [2.75, 3.05) is 19.7 Å². The predicted octanol–water partition coefficient (Wildman–Crippen LogP) is 1.16. The zero-order chi connectivity index (χ0) is 13.3. The third-order valence-electron chi connectivity index (χ3n) is 4.72. The van der Waals surface area contributed by atoms with Crippen molar-refractivity contribution in [2.24, 2.45) is 17.3 Å². The van der Waals surface area contributed by atoms with Gasteiger partial charge in [-0.25, -0.2) is 0 Å². The van der Waals surface area contributed by atoms with Crippen molar-refractivity contribution < 1.29 is 9.53 Å². The maximum Gasteiger partial charge on any atom is 0.224 e. The largest absolute Gasteiger partial charge is 0.378 e. The Morgan fingerprint density at radius 3 is 2.67 bits per heavy atom. The molecule has 0 aromatic rings. The lowest BCUT2D eigenvalue weighted by molar-refractivity contribution is -0.140. The van der Waals surface area contributed by atoms with Crippen LogP contribution >= 0.6 is 0 Å². The summed E-state index contributed by atoms with van der Waals surface area (Å²) in [6.07, 6.45) is 1.23. The Bertz CT molecular complexity index is 317. The molecule has 1 amide bonds. The van der Waals surface area contributed by atoms with Crippen molar-refractivity contribution in [1.29, 1.82) is 0 Å². The summed E-state index contributed by atoms with van der Waals surface area (Å²) in [4.78, 5) is 12.2. The highest BCUT2D eigenvalue weighted by Gasteiger charge is 2.50. The molecule has 2 aliphatic rings. The summed E-state index contributed by atoms with van der Waals surface area (Å²) in [6.45, 7) is 11.0. The van der Waals surface area contributed by atoms with Gasteiger partial charge in [0.2, 0.25) is 5.91 Å². The third kappa shape index (κ3) is 2.41. The Kier molecular flexibility index (Phi) is 3.97. The van der Waals surface area contributed by atoms with Gasteiger partial charge in [0.15, 0.2) is 0 Å². The lowest BCUT2D eigenvalue weighted by Gasteiger charge is -2.51. The Balaban J connectivity index is 1.86. The van der Waals surface area contributed by atoms with Crippen LogP contribution in [0.25, 0.3) is 0 Å². The fourth-order valence-corrected chi connectivity index (χ4v) is 3.05. The van der Waals surface area contributed by atoms with Gasteiger partial charge < -0.3 is 15.4 Å². The lowest BCUT2D eigenvalue weighted by atomic mass is 9.64. The molecule has 0 aromatic heterocycles. The average molecular weight is 254 g/mol. The van der Waals surface area contributed by atoms with Crippen LogP contribution in [-0.4, -0.2) is 37.7 Å². The maximum absolute atomic E-state index is 12.2. The van der Waals surface area contributed by atoms with Crippen molar-refractivity contribution in [3.05, 3.63) is 0 Å². The zero-order valence-corrected chi connectivity index (χ0v) is 12.0. The molecule has 1 saturated heterocycles. The van der Waals surface area contributed by atoms with Crippen LogP contribution < -0.4 is 10.6 Å². The van der Waals surface area contributed by atoms with Crippen LogP contribution in [0.5, 0.6) is 0 Å². The predicted molar refractivity (Wildman–Crippen MR) is 71.3 cm³/mol. The summed E-state index contributed by atoms with van der Waals surface area (Å²) in [6, 6.07) is 0.259. The molecule has 104 valence electrons. The summed E-state index contributed by atoms with van der Waals surface area (Å²) in [7, 11) is 0. The molecule has 18 heavy (non-hydrogen) atoms. The van der Waals surface area contributed by atoms with Crippen LogP contribution in [0.3, 0.4) is 0 Å². The first-order valence-corrected chi connectivity index (χ1v) is 7.09. The number of hydrogen-bond donors (Lipinski definition) is 2. The molecular weight excluding hydrogens is 228 g/mol. The summed E-state index contributed by atoms with van der Waals surface area (Å²) in [5, 5.41) is 6.49. The molecule has 4 nitrogen and oxygen atoms in total. The Hall–Kier alpha value is -0.610.